The molecule has 0 N–H and O–H groups in total. The Kier molecular flexibility index (Phi) is 7.88. The minimum absolute atomic E-state index is 0.000143. The van der Waals surface area contributed by atoms with E-state index in [4.69, 9.17) is 14.2 Å². The van der Waals surface area contributed by atoms with E-state index in [1.54, 1.807) is 53.2 Å². The Morgan fingerprint density at radius 2 is 1.68 bits per heavy atom. The van der Waals surface area contributed by atoms with Gasteiger partial charge in [-0.1, -0.05) is 11.8 Å². The van der Waals surface area contributed by atoms with Gasteiger partial charge in [-0.3, -0.25) is 9.69 Å². The summed E-state index contributed by atoms with van der Waals surface area (Å²) in [6.45, 7) is 9.97. The van der Waals surface area contributed by atoms with Gasteiger partial charge in [0.1, 0.15) is 5.57 Å². The molecule has 0 aromatic heterocycles. The fourth-order valence-corrected chi connectivity index (χ4v) is 3.75. The molecular formula is C20H27N3O7S. The number of ether oxygens (including phenoxy) is 3. The molecule has 31 heavy (non-hydrogen) atoms. The van der Waals surface area contributed by atoms with Crippen LogP contribution in [0.15, 0.2) is 28.0 Å². The maximum Gasteiger partial charge on any atom is 0.397 e. The first-order chi connectivity index (χ1) is 14.6. The van der Waals surface area contributed by atoms with Gasteiger partial charge in [-0.15, -0.1) is 0 Å². The number of fused-ring (bicyclic) bond motifs is 1. The molecule has 0 radical (unpaired) electrons. The van der Waals surface area contributed by atoms with Crippen LogP contribution in [0.1, 0.15) is 41.5 Å². The second-order valence-electron chi connectivity index (χ2n) is 7.35. The number of amidine groups is 1. The van der Waals surface area contributed by atoms with Gasteiger partial charge in [0.2, 0.25) is 0 Å². The summed E-state index contributed by atoms with van der Waals surface area (Å²) in [5, 5.41) is 2.04. The van der Waals surface area contributed by atoms with Crippen LogP contribution in [0.5, 0.6) is 0 Å². The number of rotatable bonds is 6. The van der Waals surface area contributed by atoms with Crippen molar-refractivity contribution in [2.45, 2.75) is 53.1 Å². The van der Waals surface area contributed by atoms with Crippen LogP contribution in [0.25, 0.3) is 0 Å². The third-order valence-corrected chi connectivity index (χ3v) is 4.92. The van der Waals surface area contributed by atoms with E-state index in [1.165, 1.54) is 16.7 Å². The molecule has 0 saturated heterocycles. The van der Waals surface area contributed by atoms with Crippen LogP contribution in [-0.4, -0.2) is 70.2 Å². The van der Waals surface area contributed by atoms with Crippen molar-refractivity contribution in [2.24, 2.45) is 4.99 Å². The summed E-state index contributed by atoms with van der Waals surface area (Å²) in [5.41, 5.74) is -1.18. The lowest BCUT2D eigenvalue weighted by Crippen LogP contribution is -2.53. The van der Waals surface area contributed by atoms with E-state index in [2.05, 4.69) is 4.99 Å². The molecule has 1 amide bonds. The van der Waals surface area contributed by atoms with Crippen molar-refractivity contribution in [1.29, 1.82) is 0 Å². The molecule has 0 bridgehead atoms. The molecule has 2 heterocycles. The molecule has 0 fully saturated rings. The van der Waals surface area contributed by atoms with Crippen LogP contribution >= 0.6 is 11.8 Å². The normalized spacial score (nSPS) is 17.7. The molecular weight excluding hydrogens is 426 g/mol. The highest BCUT2D eigenvalue weighted by atomic mass is 32.2. The Hall–Kier alpha value is -2.82. The van der Waals surface area contributed by atoms with Gasteiger partial charge in [0.05, 0.1) is 19.8 Å². The number of aliphatic imine (C=N–C) groups is 1. The van der Waals surface area contributed by atoms with E-state index in [9.17, 15) is 19.2 Å². The van der Waals surface area contributed by atoms with Crippen molar-refractivity contribution in [3.8, 4) is 0 Å². The van der Waals surface area contributed by atoms with Crippen LogP contribution in [0.2, 0.25) is 0 Å². The van der Waals surface area contributed by atoms with Gasteiger partial charge in [0.25, 0.3) is 0 Å². The highest BCUT2D eigenvalue weighted by Gasteiger charge is 2.47. The summed E-state index contributed by atoms with van der Waals surface area (Å²) in [5.74, 6) is -3.80. The summed E-state index contributed by atoms with van der Waals surface area (Å²) in [6, 6.07) is -1.23. The molecule has 170 valence electrons. The minimum atomic E-state index is -1.23. The van der Waals surface area contributed by atoms with Crippen LogP contribution in [0.4, 0.5) is 0 Å². The second-order valence-corrected chi connectivity index (χ2v) is 8.22. The average molecular weight is 454 g/mol. The molecule has 0 saturated carbocycles. The molecule has 1 atom stereocenters. The third-order valence-electron chi connectivity index (χ3n) is 4.15. The van der Waals surface area contributed by atoms with Crippen LogP contribution in [0.3, 0.4) is 0 Å². The highest BCUT2D eigenvalue weighted by molar-refractivity contribution is 8.16. The van der Waals surface area contributed by atoms with Gasteiger partial charge < -0.3 is 19.1 Å². The SMILES string of the molecule is CCOC(=O)C(=O)N(C1=C(C(=O)OCC)C(C(=O)OCC)N2C=CSC2=N1)C(C)(C)C. The van der Waals surface area contributed by atoms with Crippen molar-refractivity contribution >= 4 is 40.7 Å². The van der Waals surface area contributed by atoms with E-state index >= 15 is 0 Å². The van der Waals surface area contributed by atoms with Gasteiger partial charge >= 0.3 is 23.8 Å². The number of hydrogen-bond donors (Lipinski definition) is 0. The molecule has 10 nitrogen and oxygen atoms in total. The standard InChI is InChI=1S/C20H27N3O7S/c1-7-28-16(25)12-13(17(26)29-8-2)22-10-11-31-19(22)21-14(12)23(20(4,5)6)15(24)18(27)30-9-3/h10-11,13H,7-9H2,1-6H3. The lowest BCUT2D eigenvalue weighted by Gasteiger charge is -2.39. The number of carbonyl (C=O) groups is 4. The summed E-state index contributed by atoms with van der Waals surface area (Å²) in [7, 11) is 0. The van der Waals surface area contributed by atoms with Gasteiger partial charge in [-0.2, -0.15) is 0 Å². The van der Waals surface area contributed by atoms with Gasteiger partial charge in [-0.25, -0.2) is 19.4 Å². The largest absolute Gasteiger partial charge is 0.464 e. The third kappa shape index (κ3) is 5.09. The highest BCUT2D eigenvalue weighted by Crippen LogP contribution is 2.36. The molecule has 0 spiro atoms. The molecule has 2 aliphatic heterocycles. The molecule has 11 heteroatoms. The Labute approximate surface area is 185 Å². The smallest absolute Gasteiger partial charge is 0.397 e. The number of thioether (sulfide) groups is 1. The van der Waals surface area contributed by atoms with Gasteiger partial charge in [0.15, 0.2) is 17.0 Å². The maximum atomic E-state index is 13.0. The Morgan fingerprint density at radius 1 is 1.06 bits per heavy atom. The quantitative estimate of drug-likeness (QED) is 0.337. The van der Waals surface area contributed by atoms with Crippen LogP contribution in [-0.2, 0) is 33.4 Å². The van der Waals surface area contributed by atoms with Crippen LogP contribution < -0.4 is 0 Å². The van der Waals surface area contributed by atoms with Gasteiger partial charge in [-0.05, 0) is 47.0 Å². The van der Waals surface area contributed by atoms with E-state index in [0.29, 0.717) is 5.17 Å². The van der Waals surface area contributed by atoms with Crippen molar-refractivity contribution in [3.63, 3.8) is 0 Å². The fourth-order valence-electron chi connectivity index (χ4n) is 3.01. The molecule has 0 aromatic rings. The number of nitrogens with zero attached hydrogens (tertiary/aromatic N) is 3. The van der Waals surface area contributed by atoms with Gasteiger partial charge in [0, 0.05) is 11.7 Å². The van der Waals surface area contributed by atoms with Crippen molar-refractivity contribution in [2.75, 3.05) is 19.8 Å². The number of esters is 3. The van der Waals surface area contributed by atoms with E-state index < -0.39 is 35.4 Å². The summed E-state index contributed by atoms with van der Waals surface area (Å²) >= 11 is 1.20. The van der Waals surface area contributed by atoms with Crippen molar-refractivity contribution in [1.82, 2.24) is 9.80 Å². The molecule has 0 aromatic carbocycles. The number of hydrogen-bond acceptors (Lipinski definition) is 10. The van der Waals surface area contributed by atoms with E-state index in [-0.39, 0.29) is 31.2 Å². The zero-order valence-corrected chi connectivity index (χ0v) is 19.3. The Morgan fingerprint density at radius 3 is 2.23 bits per heavy atom. The summed E-state index contributed by atoms with van der Waals surface area (Å²) in [4.78, 5) is 58.2. The molecule has 1 unspecified atom stereocenters. The van der Waals surface area contributed by atoms with Crippen molar-refractivity contribution < 1.29 is 33.4 Å². The van der Waals surface area contributed by atoms with Crippen LogP contribution in [0, 0.1) is 0 Å². The molecule has 0 aliphatic carbocycles. The van der Waals surface area contributed by atoms with E-state index in [0.717, 1.165) is 4.90 Å². The predicted molar refractivity (Wildman–Crippen MR) is 113 cm³/mol. The lowest BCUT2D eigenvalue weighted by molar-refractivity contribution is -0.161. The fraction of sp³-hybridized carbons (Fsp3) is 0.550. The predicted octanol–water partition coefficient (Wildman–Crippen LogP) is 1.77. The Bertz CT molecular complexity index is 857. The lowest BCUT2D eigenvalue weighted by atomic mass is 10.00. The van der Waals surface area contributed by atoms with E-state index in [1.807, 2.05) is 0 Å². The minimum Gasteiger partial charge on any atom is -0.464 e. The monoisotopic (exact) mass is 453 g/mol. The zero-order valence-electron chi connectivity index (χ0n) is 18.5. The Balaban J connectivity index is 2.77. The average Bonchev–Trinajstić information content (AvgIpc) is 3.14. The topological polar surface area (TPSA) is 115 Å². The first-order valence-electron chi connectivity index (χ1n) is 9.87. The summed E-state index contributed by atoms with van der Waals surface area (Å²) in [6.07, 6.45) is 1.59. The first-order valence-corrected chi connectivity index (χ1v) is 10.8. The first kappa shape index (κ1) is 24.4. The number of amides is 1. The maximum absolute atomic E-state index is 13.0. The molecule has 2 rings (SSSR count). The molecule has 2 aliphatic rings. The zero-order chi connectivity index (χ0) is 23.3. The van der Waals surface area contributed by atoms with Crippen molar-refractivity contribution in [3.05, 3.63) is 23.0 Å². The number of carbonyl (C=O) groups excluding carboxylic acids is 4. The second kappa shape index (κ2) is 9.99. The summed E-state index contributed by atoms with van der Waals surface area (Å²) < 4.78 is 15.3.